The van der Waals surface area contributed by atoms with Gasteiger partial charge in [0.1, 0.15) is 5.75 Å². The first-order valence-electron chi connectivity index (χ1n) is 10.4. The van der Waals surface area contributed by atoms with E-state index < -0.39 is 5.97 Å². The monoisotopic (exact) mass is 500 g/mol. The zero-order chi connectivity index (χ0) is 24.5. The zero-order valence-corrected chi connectivity index (χ0v) is 20.0. The Morgan fingerprint density at radius 1 is 0.912 bits per heavy atom. The van der Waals surface area contributed by atoms with Gasteiger partial charge in [0.2, 0.25) is 0 Å². The zero-order valence-electron chi connectivity index (χ0n) is 18.5. The molecule has 0 heterocycles. The number of rotatable bonds is 9. The molecule has 34 heavy (non-hydrogen) atoms. The van der Waals surface area contributed by atoms with Crippen molar-refractivity contribution in [3.8, 4) is 17.2 Å². The molecule has 3 rings (SSSR count). The molecule has 176 valence electrons. The van der Waals surface area contributed by atoms with Crippen LogP contribution in [0.3, 0.4) is 0 Å². The summed E-state index contributed by atoms with van der Waals surface area (Å²) in [6.45, 7) is 4.59. The molecule has 1 amide bonds. The first-order chi connectivity index (χ1) is 16.4. The van der Waals surface area contributed by atoms with E-state index in [9.17, 15) is 9.59 Å². The normalized spacial score (nSPS) is 10.7. The Hall–Kier alpha value is -3.55. The van der Waals surface area contributed by atoms with Crippen molar-refractivity contribution in [1.29, 1.82) is 0 Å². The van der Waals surface area contributed by atoms with E-state index in [1.54, 1.807) is 55.5 Å². The molecular formula is C25H22Cl2N2O5. The van der Waals surface area contributed by atoms with Gasteiger partial charge < -0.3 is 14.2 Å². The molecule has 0 spiro atoms. The van der Waals surface area contributed by atoms with Crippen molar-refractivity contribution < 1.29 is 23.8 Å². The summed E-state index contributed by atoms with van der Waals surface area (Å²) in [7, 11) is 0. The number of hydrogen-bond acceptors (Lipinski definition) is 6. The number of amides is 1. The summed E-state index contributed by atoms with van der Waals surface area (Å²) in [5.41, 5.74) is 3.71. The number of nitrogens with zero attached hydrogens (tertiary/aromatic N) is 1. The number of benzene rings is 3. The second kappa shape index (κ2) is 12.1. The number of nitrogens with one attached hydrogen (secondary N) is 1. The van der Waals surface area contributed by atoms with Gasteiger partial charge in [-0.1, -0.05) is 23.2 Å². The van der Waals surface area contributed by atoms with E-state index in [1.807, 2.05) is 6.92 Å². The number of esters is 1. The predicted molar refractivity (Wildman–Crippen MR) is 132 cm³/mol. The van der Waals surface area contributed by atoms with Crippen LogP contribution in [0.5, 0.6) is 17.2 Å². The Bertz CT molecular complexity index is 1200. The molecule has 0 bridgehead atoms. The van der Waals surface area contributed by atoms with Crippen LogP contribution >= 0.6 is 23.2 Å². The summed E-state index contributed by atoms with van der Waals surface area (Å²) in [5, 5.41) is 4.58. The topological polar surface area (TPSA) is 86.2 Å². The fraction of sp³-hybridized carbons (Fsp3) is 0.160. The molecule has 0 aliphatic rings. The highest BCUT2D eigenvalue weighted by Gasteiger charge is 2.16. The minimum absolute atomic E-state index is 0.177. The number of carbonyl (C=O) groups is 2. The lowest BCUT2D eigenvalue weighted by atomic mass is 10.2. The molecule has 0 radical (unpaired) electrons. The third kappa shape index (κ3) is 6.73. The molecule has 0 fully saturated rings. The Labute approximate surface area is 207 Å². The van der Waals surface area contributed by atoms with Crippen LogP contribution in [0, 0.1) is 0 Å². The van der Waals surface area contributed by atoms with Gasteiger partial charge in [-0.05, 0) is 80.1 Å². The van der Waals surface area contributed by atoms with E-state index in [-0.39, 0.29) is 22.2 Å². The highest BCUT2D eigenvalue weighted by molar-refractivity contribution is 6.36. The van der Waals surface area contributed by atoms with E-state index in [4.69, 9.17) is 37.4 Å². The molecule has 0 aliphatic heterocycles. The smallest absolute Gasteiger partial charge is 0.345 e. The molecule has 0 aliphatic carbocycles. The summed E-state index contributed by atoms with van der Waals surface area (Å²) in [5.74, 6) is 0.225. The lowest BCUT2D eigenvalue weighted by Gasteiger charge is -2.12. The molecule has 1 N–H and O–H groups in total. The summed E-state index contributed by atoms with van der Waals surface area (Å²) in [4.78, 5) is 24.8. The average Bonchev–Trinajstić information content (AvgIpc) is 2.81. The Balaban J connectivity index is 1.68. The summed E-state index contributed by atoms with van der Waals surface area (Å²) in [6, 6.07) is 16.1. The number of halogens is 2. The summed E-state index contributed by atoms with van der Waals surface area (Å²) >= 11 is 12.0. The van der Waals surface area contributed by atoms with E-state index in [1.165, 1.54) is 18.3 Å². The average molecular weight is 501 g/mol. The van der Waals surface area contributed by atoms with Crippen molar-refractivity contribution in [3.63, 3.8) is 0 Å². The summed E-state index contributed by atoms with van der Waals surface area (Å²) in [6.07, 6.45) is 1.46. The van der Waals surface area contributed by atoms with Crippen LogP contribution in [0.1, 0.15) is 40.1 Å². The van der Waals surface area contributed by atoms with Crippen LogP contribution in [0.4, 0.5) is 0 Å². The van der Waals surface area contributed by atoms with Crippen LogP contribution < -0.4 is 19.6 Å². The van der Waals surface area contributed by atoms with Gasteiger partial charge >= 0.3 is 5.97 Å². The number of hydrazone groups is 1. The van der Waals surface area contributed by atoms with Crippen molar-refractivity contribution >= 4 is 41.3 Å². The largest absolute Gasteiger partial charge is 0.494 e. The van der Waals surface area contributed by atoms with Gasteiger partial charge in [0.25, 0.3) is 5.91 Å². The van der Waals surface area contributed by atoms with Crippen molar-refractivity contribution in [2.24, 2.45) is 5.10 Å². The molecule has 0 unspecified atom stereocenters. The minimum atomic E-state index is -0.647. The maximum absolute atomic E-state index is 12.5. The van der Waals surface area contributed by atoms with Gasteiger partial charge in [-0.15, -0.1) is 0 Å². The first kappa shape index (κ1) is 25.1. The molecular weight excluding hydrogens is 479 g/mol. The molecule has 3 aromatic rings. The van der Waals surface area contributed by atoms with E-state index >= 15 is 0 Å². The molecule has 7 nitrogen and oxygen atoms in total. The first-order valence-corrected chi connectivity index (χ1v) is 11.2. The lowest BCUT2D eigenvalue weighted by molar-refractivity contribution is 0.0728. The van der Waals surface area contributed by atoms with Crippen molar-refractivity contribution in [1.82, 2.24) is 5.43 Å². The number of carbonyl (C=O) groups excluding carboxylic acids is 2. The Morgan fingerprint density at radius 2 is 1.65 bits per heavy atom. The van der Waals surface area contributed by atoms with Gasteiger partial charge in [-0.25, -0.2) is 10.2 Å². The fourth-order valence-corrected chi connectivity index (χ4v) is 3.35. The second-order valence-corrected chi connectivity index (χ2v) is 7.65. The van der Waals surface area contributed by atoms with Crippen molar-refractivity contribution in [3.05, 3.63) is 87.4 Å². The van der Waals surface area contributed by atoms with Crippen LogP contribution in [-0.2, 0) is 0 Å². The van der Waals surface area contributed by atoms with Crippen LogP contribution in [0.15, 0.2) is 65.8 Å². The van der Waals surface area contributed by atoms with Crippen LogP contribution in [0.25, 0.3) is 0 Å². The van der Waals surface area contributed by atoms with Crippen molar-refractivity contribution in [2.45, 2.75) is 13.8 Å². The molecule has 0 saturated heterocycles. The Morgan fingerprint density at radius 3 is 2.32 bits per heavy atom. The molecule has 9 heteroatoms. The minimum Gasteiger partial charge on any atom is -0.494 e. The van der Waals surface area contributed by atoms with E-state index in [0.717, 1.165) is 0 Å². The van der Waals surface area contributed by atoms with Crippen molar-refractivity contribution in [2.75, 3.05) is 13.2 Å². The third-order valence-corrected chi connectivity index (χ3v) is 4.98. The highest BCUT2D eigenvalue weighted by Crippen LogP contribution is 2.30. The second-order valence-electron chi connectivity index (χ2n) is 6.81. The standard InChI is InChI=1S/C25H22Cl2N2O5/c1-3-32-19-9-6-17(7-10-19)24(30)29-28-15-16-5-12-22(23(13-16)33-4-2)34-25(31)20-11-8-18(26)14-21(20)27/h5-15H,3-4H2,1-2H3,(H,29,30). The van der Waals surface area contributed by atoms with Crippen LogP contribution in [0.2, 0.25) is 10.0 Å². The fourth-order valence-electron chi connectivity index (χ4n) is 2.87. The van der Waals surface area contributed by atoms with E-state index in [2.05, 4.69) is 10.5 Å². The molecule has 0 atom stereocenters. The third-order valence-electron chi connectivity index (χ3n) is 4.43. The lowest BCUT2D eigenvalue weighted by Crippen LogP contribution is -2.17. The van der Waals surface area contributed by atoms with Gasteiger partial charge in [-0.3, -0.25) is 4.79 Å². The number of ether oxygens (including phenoxy) is 3. The highest BCUT2D eigenvalue weighted by atomic mass is 35.5. The quantitative estimate of drug-likeness (QED) is 0.174. The van der Waals surface area contributed by atoms with Gasteiger partial charge in [-0.2, -0.15) is 5.10 Å². The van der Waals surface area contributed by atoms with Gasteiger partial charge in [0.05, 0.1) is 30.0 Å². The summed E-state index contributed by atoms with van der Waals surface area (Å²) < 4.78 is 16.4. The maximum atomic E-state index is 12.5. The molecule has 0 aromatic heterocycles. The van der Waals surface area contributed by atoms with E-state index in [0.29, 0.717) is 40.9 Å². The predicted octanol–water partition coefficient (Wildman–Crippen LogP) is 5.77. The molecule has 3 aromatic carbocycles. The van der Waals surface area contributed by atoms with Gasteiger partial charge in [0.15, 0.2) is 11.5 Å². The number of hydrogen-bond donors (Lipinski definition) is 1. The van der Waals surface area contributed by atoms with Gasteiger partial charge in [0, 0.05) is 10.6 Å². The maximum Gasteiger partial charge on any atom is 0.345 e. The Kier molecular flexibility index (Phi) is 8.90. The SMILES string of the molecule is CCOc1ccc(C(=O)NN=Cc2ccc(OC(=O)c3ccc(Cl)cc3Cl)c(OCC)c2)cc1. The van der Waals surface area contributed by atoms with Crippen LogP contribution in [-0.4, -0.2) is 31.3 Å². The molecule has 0 saturated carbocycles.